The van der Waals surface area contributed by atoms with E-state index in [-0.39, 0.29) is 16.5 Å². The molecule has 3 rings (SSSR count). The number of nitriles is 1. The molecule has 0 spiro atoms. The van der Waals surface area contributed by atoms with Gasteiger partial charge in [0.05, 0.1) is 5.25 Å². The maximum atomic E-state index is 13.1. The highest BCUT2D eigenvalue weighted by Crippen LogP contribution is 2.42. The standard InChI is InChI=1S/C19H13Cl2N3O2S/c20-12-6-7-15(21)11(8-12)9-16-18(26)24(13-4-2-1-3-5-13)19(27-16)14(10-22)17(23)25/h1-8,16H,9H2,(H2,23,25)/b19-14-. The highest BCUT2D eigenvalue weighted by atomic mass is 35.5. The van der Waals surface area contributed by atoms with Gasteiger partial charge in [-0.25, -0.2) is 0 Å². The number of primary amides is 1. The van der Waals surface area contributed by atoms with Crippen LogP contribution in [0.2, 0.25) is 10.0 Å². The molecular weight excluding hydrogens is 405 g/mol. The first-order valence-electron chi connectivity index (χ1n) is 7.86. The lowest BCUT2D eigenvalue weighted by molar-refractivity contribution is -0.117. The molecule has 0 radical (unpaired) electrons. The van der Waals surface area contributed by atoms with Gasteiger partial charge in [-0.3, -0.25) is 14.5 Å². The fourth-order valence-corrected chi connectivity index (χ4v) is 4.40. The first kappa shape index (κ1) is 19.3. The van der Waals surface area contributed by atoms with Crippen molar-refractivity contribution in [1.29, 1.82) is 5.26 Å². The van der Waals surface area contributed by atoms with E-state index in [1.807, 2.05) is 12.1 Å². The number of carbonyl (C=O) groups is 2. The van der Waals surface area contributed by atoms with Gasteiger partial charge in [0.2, 0.25) is 5.91 Å². The number of benzene rings is 2. The average Bonchev–Trinajstić information content (AvgIpc) is 2.95. The van der Waals surface area contributed by atoms with Crippen molar-refractivity contribution in [1.82, 2.24) is 0 Å². The summed E-state index contributed by atoms with van der Waals surface area (Å²) >= 11 is 13.4. The SMILES string of the molecule is N#C/C(C(N)=O)=C1/SC(Cc2cc(Cl)ccc2Cl)C(=O)N1c1ccccc1. The molecule has 0 bridgehead atoms. The molecule has 2 aromatic rings. The monoisotopic (exact) mass is 417 g/mol. The smallest absolute Gasteiger partial charge is 0.262 e. The van der Waals surface area contributed by atoms with E-state index in [0.29, 0.717) is 27.7 Å². The van der Waals surface area contributed by atoms with Crippen LogP contribution in [0.5, 0.6) is 0 Å². The van der Waals surface area contributed by atoms with Crippen LogP contribution in [0.4, 0.5) is 5.69 Å². The summed E-state index contributed by atoms with van der Waals surface area (Å²) in [7, 11) is 0. The van der Waals surface area contributed by atoms with E-state index < -0.39 is 11.2 Å². The number of anilines is 1. The van der Waals surface area contributed by atoms with Crippen molar-refractivity contribution in [2.24, 2.45) is 5.73 Å². The molecule has 136 valence electrons. The normalized spacial score (nSPS) is 18.3. The number of amides is 2. The second kappa shape index (κ2) is 8.05. The molecule has 1 heterocycles. The number of halogens is 2. The summed E-state index contributed by atoms with van der Waals surface area (Å²) in [6, 6.07) is 15.6. The van der Waals surface area contributed by atoms with Crippen LogP contribution in [0.15, 0.2) is 59.1 Å². The third-order valence-electron chi connectivity index (χ3n) is 3.95. The molecule has 1 atom stereocenters. The fraction of sp³-hybridized carbons (Fsp3) is 0.105. The molecule has 1 aliphatic heterocycles. The number of carbonyl (C=O) groups excluding carboxylic acids is 2. The van der Waals surface area contributed by atoms with E-state index in [4.69, 9.17) is 28.9 Å². The van der Waals surface area contributed by atoms with Crippen molar-refractivity contribution in [3.8, 4) is 6.07 Å². The predicted octanol–water partition coefficient (Wildman–Crippen LogP) is 3.90. The van der Waals surface area contributed by atoms with E-state index in [1.54, 1.807) is 42.5 Å². The van der Waals surface area contributed by atoms with E-state index in [1.165, 1.54) is 4.90 Å². The number of nitrogens with two attached hydrogens (primary N) is 1. The third kappa shape index (κ3) is 3.96. The molecule has 2 amide bonds. The maximum Gasteiger partial charge on any atom is 0.262 e. The number of hydrogen-bond acceptors (Lipinski definition) is 4. The lowest BCUT2D eigenvalue weighted by atomic mass is 10.1. The molecular formula is C19H13Cl2N3O2S. The quantitative estimate of drug-likeness (QED) is 0.603. The van der Waals surface area contributed by atoms with Crippen LogP contribution in [0.1, 0.15) is 5.56 Å². The first-order valence-corrected chi connectivity index (χ1v) is 9.49. The Morgan fingerprint density at radius 2 is 1.93 bits per heavy atom. The van der Waals surface area contributed by atoms with Crippen molar-refractivity contribution in [3.63, 3.8) is 0 Å². The minimum Gasteiger partial charge on any atom is -0.365 e. The Hall–Kier alpha value is -2.46. The van der Waals surface area contributed by atoms with E-state index in [2.05, 4.69) is 0 Å². The van der Waals surface area contributed by atoms with Crippen molar-refractivity contribution in [2.45, 2.75) is 11.7 Å². The molecule has 0 aliphatic carbocycles. The topological polar surface area (TPSA) is 87.2 Å². The van der Waals surface area contributed by atoms with Crippen molar-refractivity contribution in [2.75, 3.05) is 4.90 Å². The molecule has 0 saturated carbocycles. The second-order valence-electron chi connectivity index (χ2n) is 5.71. The van der Waals surface area contributed by atoms with Crippen molar-refractivity contribution in [3.05, 3.63) is 74.7 Å². The number of thioether (sulfide) groups is 1. The minimum absolute atomic E-state index is 0.226. The summed E-state index contributed by atoms with van der Waals surface area (Å²) in [6.45, 7) is 0. The van der Waals surface area contributed by atoms with Crippen LogP contribution in [-0.2, 0) is 16.0 Å². The minimum atomic E-state index is -0.879. The van der Waals surface area contributed by atoms with Gasteiger partial charge < -0.3 is 5.73 Å². The van der Waals surface area contributed by atoms with Gasteiger partial charge in [-0.15, -0.1) is 0 Å². The van der Waals surface area contributed by atoms with Crippen LogP contribution < -0.4 is 10.6 Å². The van der Waals surface area contributed by atoms with Crippen LogP contribution in [0, 0.1) is 11.3 Å². The lowest BCUT2D eigenvalue weighted by Gasteiger charge is -2.18. The zero-order valence-corrected chi connectivity index (χ0v) is 16.2. The first-order chi connectivity index (χ1) is 12.9. The van der Waals surface area contributed by atoms with E-state index >= 15 is 0 Å². The Kier molecular flexibility index (Phi) is 5.76. The number of rotatable bonds is 4. The number of para-hydroxylation sites is 1. The second-order valence-corrected chi connectivity index (χ2v) is 7.75. The Morgan fingerprint density at radius 3 is 2.56 bits per heavy atom. The summed E-state index contributed by atoms with van der Waals surface area (Å²) in [5.74, 6) is -1.14. The van der Waals surface area contributed by atoms with Gasteiger partial charge in [0.1, 0.15) is 16.7 Å². The molecule has 27 heavy (non-hydrogen) atoms. The molecule has 1 aliphatic rings. The Bertz CT molecular complexity index is 986. The highest BCUT2D eigenvalue weighted by molar-refractivity contribution is 8.05. The maximum absolute atomic E-state index is 13.1. The Labute approximate surface area is 170 Å². The van der Waals surface area contributed by atoms with E-state index in [9.17, 15) is 14.9 Å². The summed E-state index contributed by atoms with van der Waals surface area (Å²) in [4.78, 5) is 26.2. The van der Waals surface area contributed by atoms with Gasteiger partial charge in [0, 0.05) is 15.7 Å². The summed E-state index contributed by atoms with van der Waals surface area (Å²) < 4.78 is 0. The number of nitrogens with zero attached hydrogens (tertiary/aromatic N) is 2. The van der Waals surface area contributed by atoms with Gasteiger partial charge in [-0.2, -0.15) is 5.26 Å². The van der Waals surface area contributed by atoms with E-state index in [0.717, 1.165) is 11.8 Å². The van der Waals surface area contributed by atoms with Gasteiger partial charge in [0.25, 0.3) is 5.91 Å². The lowest BCUT2D eigenvalue weighted by Crippen LogP contribution is -2.31. The van der Waals surface area contributed by atoms with Crippen LogP contribution in [-0.4, -0.2) is 17.1 Å². The zero-order valence-electron chi connectivity index (χ0n) is 13.9. The van der Waals surface area contributed by atoms with Crippen molar-refractivity contribution >= 4 is 52.5 Å². The largest absolute Gasteiger partial charge is 0.365 e. The van der Waals surface area contributed by atoms with Gasteiger partial charge in [-0.05, 0) is 42.3 Å². The predicted molar refractivity (Wildman–Crippen MR) is 107 cm³/mol. The molecule has 1 saturated heterocycles. The van der Waals surface area contributed by atoms with Crippen LogP contribution >= 0.6 is 35.0 Å². The molecule has 2 N–H and O–H groups in total. The van der Waals surface area contributed by atoms with Crippen molar-refractivity contribution < 1.29 is 9.59 Å². The molecule has 1 unspecified atom stereocenters. The van der Waals surface area contributed by atoms with Gasteiger partial charge in [-0.1, -0.05) is 53.2 Å². The Balaban J connectivity index is 2.04. The molecule has 8 heteroatoms. The van der Waals surface area contributed by atoms with Crippen LogP contribution in [0.3, 0.4) is 0 Å². The summed E-state index contributed by atoms with van der Waals surface area (Å²) in [5.41, 5.74) is 6.36. The molecule has 5 nitrogen and oxygen atoms in total. The average molecular weight is 418 g/mol. The van der Waals surface area contributed by atoms with Gasteiger partial charge in [0.15, 0.2) is 0 Å². The fourth-order valence-electron chi connectivity index (χ4n) is 2.71. The summed E-state index contributed by atoms with van der Waals surface area (Å²) in [6.07, 6.45) is 0.299. The third-order valence-corrected chi connectivity index (χ3v) is 5.82. The van der Waals surface area contributed by atoms with Crippen LogP contribution in [0.25, 0.3) is 0 Å². The highest BCUT2D eigenvalue weighted by Gasteiger charge is 2.40. The summed E-state index contributed by atoms with van der Waals surface area (Å²) in [5, 5.41) is 10.0. The molecule has 0 aromatic heterocycles. The number of hydrogen-bond donors (Lipinski definition) is 1. The zero-order chi connectivity index (χ0) is 19.6. The Morgan fingerprint density at radius 1 is 1.22 bits per heavy atom. The molecule has 1 fully saturated rings. The molecule has 2 aromatic carbocycles. The van der Waals surface area contributed by atoms with Gasteiger partial charge >= 0.3 is 0 Å².